The highest BCUT2D eigenvalue weighted by Crippen LogP contribution is 2.10. The number of amides is 1. The Kier molecular flexibility index (Phi) is 14.1. The summed E-state index contributed by atoms with van der Waals surface area (Å²) in [5.74, 6) is 0. The molecule has 0 heterocycles. The highest BCUT2D eigenvalue weighted by Gasteiger charge is 2.20. The van der Waals surface area contributed by atoms with E-state index in [0.29, 0.717) is 0 Å². The SMILES string of the molecule is C=C/C(Br)=C\C=C(C)C.CCCN(CCC)C(=O)OC(C)(C)C. The summed E-state index contributed by atoms with van der Waals surface area (Å²) in [7, 11) is 0. The van der Waals surface area contributed by atoms with Crippen LogP contribution in [0.25, 0.3) is 0 Å². The minimum absolute atomic E-state index is 0.193. The van der Waals surface area contributed by atoms with Crippen molar-refractivity contribution in [2.75, 3.05) is 13.1 Å². The van der Waals surface area contributed by atoms with Gasteiger partial charge in [0.1, 0.15) is 5.60 Å². The maximum absolute atomic E-state index is 11.6. The highest BCUT2D eigenvalue weighted by atomic mass is 79.9. The molecule has 0 N–H and O–H groups in total. The zero-order valence-corrected chi connectivity index (χ0v) is 17.5. The molecule has 3 nitrogen and oxygen atoms in total. The molecule has 0 aromatic rings. The largest absolute Gasteiger partial charge is 0.444 e. The molecule has 0 bridgehead atoms. The predicted molar refractivity (Wildman–Crippen MR) is 105 cm³/mol. The second-order valence-corrected chi connectivity index (χ2v) is 7.38. The number of rotatable bonds is 6. The molecule has 0 aromatic carbocycles. The zero-order valence-electron chi connectivity index (χ0n) is 15.9. The average Bonchev–Trinajstić information content (AvgIpc) is 2.43. The maximum atomic E-state index is 11.6. The smallest absolute Gasteiger partial charge is 0.410 e. The van der Waals surface area contributed by atoms with E-state index in [-0.39, 0.29) is 6.09 Å². The van der Waals surface area contributed by atoms with E-state index >= 15 is 0 Å². The van der Waals surface area contributed by atoms with Crippen molar-refractivity contribution in [2.24, 2.45) is 0 Å². The number of nitrogens with zero attached hydrogens (tertiary/aromatic N) is 1. The molecule has 1 amide bonds. The third kappa shape index (κ3) is 17.2. The third-order valence-corrected chi connectivity index (χ3v) is 3.00. The van der Waals surface area contributed by atoms with Gasteiger partial charge in [-0.2, -0.15) is 0 Å². The molecule has 0 aromatic heterocycles. The van der Waals surface area contributed by atoms with Crippen molar-refractivity contribution in [2.45, 2.75) is 66.9 Å². The number of hydrogen-bond donors (Lipinski definition) is 0. The number of allylic oxidation sites excluding steroid dienone is 5. The van der Waals surface area contributed by atoms with Crippen LogP contribution in [0.3, 0.4) is 0 Å². The molecule has 0 rings (SSSR count). The Bertz CT molecular complexity index is 396. The summed E-state index contributed by atoms with van der Waals surface area (Å²) < 4.78 is 6.31. The molecule has 0 saturated heterocycles. The molecule has 0 spiro atoms. The lowest BCUT2D eigenvalue weighted by molar-refractivity contribution is 0.0250. The zero-order chi connectivity index (χ0) is 18.5. The van der Waals surface area contributed by atoms with E-state index in [1.54, 1.807) is 11.0 Å². The van der Waals surface area contributed by atoms with E-state index in [9.17, 15) is 4.79 Å². The number of halogens is 1. The molecule has 0 aliphatic heterocycles. The Morgan fingerprint density at radius 1 is 1.13 bits per heavy atom. The molecule has 4 heteroatoms. The van der Waals surface area contributed by atoms with Crippen molar-refractivity contribution in [3.8, 4) is 0 Å². The standard InChI is InChI=1S/C11H23NO2.C8H11Br/c1-6-8-12(9-7-2)10(13)14-11(3,4)5;1-4-8(9)6-5-7(2)3/h6-9H2,1-5H3;4-6H,1H2,2-3H3/b;8-6+. The van der Waals surface area contributed by atoms with Gasteiger partial charge in [-0.25, -0.2) is 4.79 Å². The van der Waals surface area contributed by atoms with Gasteiger partial charge >= 0.3 is 6.09 Å². The topological polar surface area (TPSA) is 29.5 Å². The third-order valence-electron chi connectivity index (χ3n) is 2.41. The molecule has 0 saturated carbocycles. The summed E-state index contributed by atoms with van der Waals surface area (Å²) in [5.41, 5.74) is 0.894. The Balaban J connectivity index is 0. The van der Waals surface area contributed by atoms with Crippen LogP contribution in [0.2, 0.25) is 0 Å². The minimum atomic E-state index is -0.392. The first-order chi connectivity index (χ1) is 10.6. The molecule has 0 aliphatic rings. The highest BCUT2D eigenvalue weighted by molar-refractivity contribution is 9.11. The van der Waals surface area contributed by atoms with Crippen LogP contribution in [0.1, 0.15) is 61.3 Å². The number of hydrogen-bond acceptors (Lipinski definition) is 2. The van der Waals surface area contributed by atoms with E-state index < -0.39 is 5.60 Å². The summed E-state index contributed by atoms with van der Waals surface area (Å²) in [4.78, 5) is 13.4. The summed E-state index contributed by atoms with van der Waals surface area (Å²) in [6.07, 6.45) is 7.52. The lowest BCUT2D eigenvalue weighted by Crippen LogP contribution is -2.37. The summed E-state index contributed by atoms with van der Waals surface area (Å²) in [5, 5.41) is 0. The molecule has 0 aliphatic carbocycles. The van der Waals surface area contributed by atoms with Crippen LogP contribution in [0.15, 0.2) is 34.9 Å². The van der Waals surface area contributed by atoms with Crippen LogP contribution in [0.5, 0.6) is 0 Å². The average molecular weight is 388 g/mol. The first kappa shape index (κ1) is 24.2. The number of ether oxygens (including phenoxy) is 1. The molecular formula is C19H34BrNO2. The quantitative estimate of drug-likeness (QED) is 0.489. The van der Waals surface area contributed by atoms with Crippen molar-refractivity contribution >= 4 is 22.0 Å². The van der Waals surface area contributed by atoms with Crippen molar-refractivity contribution < 1.29 is 9.53 Å². The predicted octanol–water partition coefficient (Wildman–Crippen LogP) is 6.46. The number of carbonyl (C=O) groups excluding carboxylic acids is 1. The van der Waals surface area contributed by atoms with Crippen molar-refractivity contribution in [1.82, 2.24) is 4.90 Å². The first-order valence-electron chi connectivity index (χ1n) is 8.18. The van der Waals surface area contributed by atoms with E-state index in [1.165, 1.54) is 5.57 Å². The lowest BCUT2D eigenvalue weighted by atomic mass is 10.2. The monoisotopic (exact) mass is 387 g/mol. The van der Waals surface area contributed by atoms with Gasteiger partial charge in [-0.1, -0.05) is 54.1 Å². The summed E-state index contributed by atoms with van der Waals surface area (Å²) >= 11 is 3.30. The van der Waals surface area contributed by atoms with E-state index in [4.69, 9.17) is 4.74 Å². The van der Waals surface area contributed by atoms with E-state index in [2.05, 4.69) is 50.2 Å². The van der Waals surface area contributed by atoms with Crippen molar-refractivity contribution in [1.29, 1.82) is 0 Å². The molecule has 0 radical (unpaired) electrons. The van der Waals surface area contributed by atoms with Gasteiger partial charge in [-0.3, -0.25) is 0 Å². The maximum Gasteiger partial charge on any atom is 0.410 e. The summed E-state index contributed by atoms with van der Waals surface area (Å²) in [6.45, 7) is 19.1. The van der Waals surface area contributed by atoms with Crippen LogP contribution in [0.4, 0.5) is 4.79 Å². The van der Waals surface area contributed by atoms with E-state index in [0.717, 1.165) is 30.4 Å². The Hall–Kier alpha value is -1.03. The molecule has 0 unspecified atom stereocenters. The normalized spacial score (nSPS) is 11.0. The molecular weight excluding hydrogens is 354 g/mol. The molecule has 0 atom stereocenters. The first-order valence-corrected chi connectivity index (χ1v) is 8.97. The van der Waals surface area contributed by atoms with Crippen LogP contribution >= 0.6 is 15.9 Å². The fourth-order valence-electron chi connectivity index (χ4n) is 1.48. The van der Waals surface area contributed by atoms with Crippen LogP contribution in [-0.4, -0.2) is 29.7 Å². The van der Waals surface area contributed by atoms with Crippen molar-refractivity contribution in [3.63, 3.8) is 0 Å². The Morgan fingerprint density at radius 3 is 1.91 bits per heavy atom. The Labute approximate surface area is 151 Å². The van der Waals surface area contributed by atoms with Crippen molar-refractivity contribution in [3.05, 3.63) is 34.9 Å². The van der Waals surface area contributed by atoms with Crippen LogP contribution in [0, 0.1) is 0 Å². The summed E-state index contributed by atoms with van der Waals surface area (Å²) in [6, 6.07) is 0. The second kappa shape index (κ2) is 13.4. The van der Waals surface area contributed by atoms with E-state index in [1.807, 2.05) is 32.9 Å². The number of carbonyl (C=O) groups is 1. The van der Waals surface area contributed by atoms with Gasteiger partial charge in [0.15, 0.2) is 0 Å². The second-order valence-electron chi connectivity index (χ2n) is 6.47. The fraction of sp³-hybridized carbons (Fsp3) is 0.632. The van der Waals surface area contributed by atoms with Gasteiger partial charge in [0.2, 0.25) is 0 Å². The van der Waals surface area contributed by atoms with Gasteiger partial charge in [-0.15, -0.1) is 0 Å². The molecule has 0 fully saturated rings. The van der Waals surface area contributed by atoms with Gasteiger partial charge in [-0.05, 0) is 53.5 Å². The van der Waals surface area contributed by atoms with Gasteiger partial charge < -0.3 is 9.64 Å². The van der Waals surface area contributed by atoms with Gasteiger partial charge in [0, 0.05) is 17.6 Å². The molecule has 134 valence electrons. The minimum Gasteiger partial charge on any atom is -0.444 e. The Morgan fingerprint density at radius 2 is 1.61 bits per heavy atom. The van der Waals surface area contributed by atoms with Gasteiger partial charge in [0.05, 0.1) is 0 Å². The van der Waals surface area contributed by atoms with Crippen LogP contribution < -0.4 is 0 Å². The van der Waals surface area contributed by atoms with Gasteiger partial charge in [0.25, 0.3) is 0 Å². The fourth-order valence-corrected chi connectivity index (χ4v) is 1.61. The van der Waals surface area contributed by atoms with Crippen LogP contribution in [-0.2, 0) is 4.74 Å². The lowest BCUT2D eigenvalue weighted by Gasteiger charge is -2.26. The molecule has 23 heavy (non-hydrogen) atoms.